The lowest BCUT2D eigenvalue weighted by Crippen LogP contribution is -2.23. The summed E-state index contributed by atoms with van der Waals surface area (Å²) in [6, 6.07) is 0.161. The maximum atomic E-state index is 10.8. The van der Waals surface area contributed by atoms with Gasteiger partial charge in [0.2, 0.25) is 11.6 Å². The second-order valence-electron chi connectivity index (χ2n) is 4.32. The van der Waals surface area contributed by atoms with Crippen molar-refractivity contribution >= 4 is 11.6 Å². The van der Waals surface area contributed by atoms with Gasteiger partial charge < -0.3 is 15.4 Å². The Morgan fingerprint density at radius 2 is 2.00 bits per heavy atom. The van der Waals surface area contributed by atoms with Gasteiger partial charge in [0, 0.05) is 20.0 Å². The molecule has 1 heterocycles. The van der Waals surface area contributed by atoms with Crippen molar-refractivity contribution in [1.29, 1.82) is 0 Å². The number of hydrogen-bond acceptors (Lipinski definition) is 4. The highest BCUT2D eigenvalue weighted by atomic mass is 16.6. The molecule has 0 aliphatic rings. The van der Waals surface area contributed by atoms with Gasteiger partial charge in [-0.3, -0.25) is 4.57 Å². The molecule has 6 heteroatoms. The van der Waals surface area contributed by atoms with Crippen molar-refractivity contribution in [2.75, 3.05) is 5.32 Å². The highest BCUT2D eigenvalue weighted by molar-refractivity contribution is 5.54. The Balaban J connectivity index is 3.06. The van der Waals surface area contributed by atoms with Crippen LogP contribution >= 0.6 is 0 Å². The minimum atomic E-state index is -0.456. The van der Waals surface area contributed by atoms with E-state index in [-0.39, 0.29) is 11.9 Å². The summed E-state index contributed by atoms with van der Waals surface area (Å²) < 4.78 is 1.71. The molecule has 0 aromatic carbocycles. The Morgan fingerprint density at radius 3 is 2.44 bits per heavy atom. The van der Waals surface area contributed by atoms with Gasteiger partial charge in [-0.15, -0.1) is 0 Å². The Bertz CT molecular complexity index is 398. The molecule has 0 bridgehead atoms. The normalized spacial score (nSPS) is 12.9. The molecule has 0 aliphatic heterocycles. The largest absolute Gasteiger partial charge is 0.406 e. The molecule has 16 heavy (non-hydrogen) atoms. The van der Waals surface area contributed by atoms with E-state index in [1.54, 1.807) is 18.5 Å². The number of nitrogens with one attached hydrogen (secondary N) is 1. The van der Waals surface area contributed by atoms with Gasteiger partial charge >= 0.3 is 5.82 Å². The van der Waals surface area contributed by atoms with E-state index in [1.807, 2.05) is 6.92 Å². The lowest BCUT2D eigenvalue weighted by atomic mass is 10.1. The van der Waals surface area contributed by atoms with E-state index < -0.39 is 4.92 Å². The van der Waals surface area contributed by atoms with Gasteiger partial charge in [0.1, 0.15) is 0 Å². The fraction of sp³-hybridized carbons (Fsp3) is 0.700. The first-order chi connectivity index (χ1) is 7.34. The Kier molecular flexibility index (Phi) is 3.51. The topological polar surface area (TPSA) is 73.0 Å². The second kappa shape index (κ2) is 4.51. The first kappa shape index (κ1) is 12.5. The maximum Gasteiger partial charge on any atom is 0.406 e. The lowest BCUT2D eigenvalue weighted by molar-refractivity contribution is -0.388. The number of nitrogens with zero attached hydrogens (tertiary/aromatic N) is 3. The van der Waals surface area contributed by atoms with Crippen molar-refractivity contribution in [3.05, 3.63) is 15.9 Å². The summed E-state index contributed by atoms with van der Waals surface area (Å²) in [5.41, 5.74) is 0. The van der Waals surface area contributed by atoms with Gasteiger partial charge in [-0.2, -0.15) is 0 Å². The minimum absolute atomic E-state index is 0.104. The molecule has 6 nitrogen and oxygen atoms in total. The Labute approximate surface area is 94.8 Å². The van der Waals surface area contributed by atoms with E-state index in [0.29, 0.717) is 17.6 Å². The summed E-state index contributed by atoms with van der Waals surface area (Å²) in [5, 5.41) is 14.0. The number of hydrogen-bond donors (Lipinski definition) is 1. The van der Waals surface area contributed by atoms with Crippen LogP contribution < -0.4 is 5.32 Å². The summed E-state index contributed by atoms with van der Waals surface area (Å²) in [6.07, 6.45) is 0. The average Bonchev–Trinajstić information content (AvgIpc) is 2.45. The van der Waals surface area contributed by atoms with Gasteiger partial charge in [-0.25, -0.2) is 0 Å². The summed E-state index contributed by atoms with van der Waals surface area (Å²) in [5.74, 6) is 1.40. The molecule has 1 aromatic heterocycles. The molecule has 0 radical (unpaired) electrons. The van der Waals surface area contributed by atoms with Gasteiger partial charge in [-0.05, 0) is 22.7 Å². The van der Waals surface area contributed by atoms with Crippen LogP contribution in [0.4, 0.5) is 11.6 Å². The molecule has 0 saturated heterocycles. The molecule has 1 N–H and O–H groups in total. The highest BCUT2D eigenvalue weighted by Gasteiger charge is 2.25. The highest BCUT2D eigenvalue weighted by Crippen LogP contribution is 2.25. The first-order valence-corrected chi connectivity index (χ1v) is 5.28. The van der Waals surface area contributed by atoms with Crippen molar-refractivity contribution in [1.82, 2.24) is 9.55 Å². The van der Waals surface area contributed by atoms with Crippen LogP contribution in [0.25, 0.3) is 0 Å². The quantitative estimate of drug-likeness (QED) is 0.630. The summed E-state index contributed by atoms with van der Waals surface area (Å²) in [6.45, 7) is 7.87. The van der Waals surface area contributed by atoms with Gasteiger partial charge in [-0.1, -0.05) is 13.8 Å². The predicted molar refractivity (Wildman–Crippen MR) is 62.5 cm³/mol. The molecule has 0 fully saturated rings. The van der Waals surface area contributed by atoms with Crippen LogP contribution in [0.1, 0.15) is 26.6 Å². The monoisotopic (exact) mass is 226 g/mol. The Hall–Kier alpha value is -1.59. The molecule has 0 aliphatic carbocycles. The van der Waals surface area contributed by atoms with Crippen molar-refractivity contribution in [3.63, 3.8) is 0 Å². The van der Waals surface area contributed by atoms with Crippen LogP contribution in [-0.2, 0) is 7.05 Å². The van der Waals surface area contributed by atoms with Crippen LogP contribution in [0, 0.1) is 23.0 Å². The number of anilines is 1. The molecule has 90 valence electrons. The third-order valence-corrected chi connectivity index (χ3v) is 2.84. The SMILES string of the molecule is Cc1nc([N+](=O)[O-])c(NC(C)C(C)C)n1C. The summed E-state index contributed by atoms with van der Waals surface area (Å²) in [4.78, 5) is 14.3. The average molecular weight is 226 g/mol. The number of rotatable bonds is 4. The first-order valence-electron chi connectivity index (χ1n) is 5.28. The summed E-state index contributed by atoms with van der Waals surface area (Å²) >= 11 is 0. The van der Waals surface area contributed by atoms with Crippen molar-refractivity contribution < 1.29 is 4.92 Å². The molecule has 0 saturated carbocycles. The van der Waals surface area contributed by atoms with E-state index >= 15 is 0 Å². The van der Waals surface area contributed by atoms with Crippen LogP contribution in [0.2, 0.25) is 0 Å². The molecule has 1 rings (SSSR count). The molecule has 1 unspecified atom stereocenters. The van der Waals surface area contributed by atoms with E-state index in [0.717, 1.165) is 0 Å². The fourth-order valence-electron chi connectivity index (χ4n) is 1.26. The van der Waals surface area contributed by atoms with E-state index in [9.17, 15) is 10.1 Å². The predicted octanol–water partition coefficient (Wildman–Crippen LogP) is 2.09. The zero-order chi connectivity index (χ0) is 12.5. The van der Waals surface area contributed by atoms with Crippen LogP contribution in [0.3, 0.4) is 0 Å². The number of imidazole rings is 1. The van der Waals surface area contributed by atoms with Crippen molar-refractivity contribution in [2.24, 2.45) is 13.0 Å². The van der Waals surface area contributed by atoms with Crippen molar-refractivity contribution in [2.45, 2.75) is 33.7 Å². The third-order valence-electron chi connectivity index (χ3n) is 2.84. The van der Waals surface area contributed by atoms with Crippen molar-refractivity contribution in [3.8, 4) is 0 Å². The third kappa shape index (κ3) is 2.32. The smallest absolute Gasteiger partial charge is 0.362 e. The van der Waals surface area contributed by atoms with Crippen LogP contribution in [0.15, 0.2) is 0 Å². The zero-order valence-electron chi connectivity index (χ0n) is 10.3. The molecule has 1 atom stereocenters. The molecule has 0 amide bonds. The number of aryl methyl sites for hydroxylation is 1. The molecular weight excluding hydrogens is 208 g/mol. The summed E-state index contributed by atoms with van der Waals surface area (Å²) in [7, 11) is 1.77. The maximum absolute atomic E-state index is 10.8. The molecule has 0 spiro atoms. The van der Waals surface area contributed by atoms with Gasteiger partial charge in [0.25, 0.3) is 0 Å². The van der Waals surface area contributed by atoms with Gasteiger partial charge in [0.05, 0.1) is 0 Å². The zero-order valence-corrected chi connectivity index (χ0v) is 10.3. The number of nitro groups is 1. The fourth-order valence-corrected chi connectivity index (χ4v) is 1.26. The van der Waals surface area contributed by atoms with E-state index in [2.05, 4.69) is 24.1 Å². The molecule has 1 aromatic rings. The standard InChI is InChI=1S/C10H18N4O2/c1-6(2)7(3)11-9-10(14(15)16)12-8(4)13(9)5/h6-7,11H,1-5H3. The lowest BCUT2D eigenvalue weighted by Gasteiger charge is -2.18. The van der Waals surface area contributed by atoms with Crippen LogP contribution in [-0.4, -0.2) is 20.5 Å². The van der Waals surface area contributed by atoms with E-state index in [1.165, 1.54) is 0 Å². The minimum Gasteiger partial charge on any atom is -0.362 e. The molecular formula is C10H18N4O2. The second-order valence-corrected chi connectivity index (χ2v) is 4.32. The number of aromatic nitrogens is 2. The Morgan fingerprint density at radius 1 is 1.44 bits per heavy atom. The van der Waals surface area contributed by atoms with E-state index in [4.69, 9.17) is 0 Å². The van der Waals surface area contributed by atoms with Gasteiger partial charge in [0.15, 0.2) is 0 Å². The van der Waals surface area contributed by atoms with Crippen LogP contribution in [0.5, 0.6) is 0 Å².